The van der Waals surface area contributed by atoms with Crippen molar-refractivity contribution in [2.24, 2.45) is 5.92 Å². The van der Waals surface area contributed by atoms with Crippen molar-refractivity contribution < 1.29 is 4.79 Å². The molecule has 4 N–H and O–H groups in total. The van der Waals surface area contributed by atoms with Crippen molar-refractivity contribution >= 4 is 28.2 Å². The summed E-state index contributed by atoms with van der Waals surface area (Å²) >= 11 is 1.35. The van der Waals surface area contributed by atoms with Gasteiger partial charge in [0.1, 0.15) is 10.7 Å². The van der Waals surface area contributed by atoms with Crippen LogP contribution in [-0.4, -0.2) is 23.5 Å². The summed E-state index contributed by atoms with van der Waals surface area (Å²) < 4.78 is 0. The zero-order chi connectivity index (χ0) is 15.2. The second kappa shape index (κ2) is 7.64. The lowest BCUT2D eigenvalue weighted by atomic mass is 9.93. The molecule has 0 spiro atoms. The van der Waals surface area contributed by atoms with Crippen molar-refractivity contribution in [3.63, 3.8) is 0 Å². The van der Waals surface area contributed by atoms with Crippen LogP contribution < -0.4 is 16.4 Å². The molecule has 21 heavy (non-hydrogen) atoms. The number of unbranched alkanes of at least 4 members (excludes halogenated alkanes) is 1. The van der Waals surface area contributed by atoms with E-state index in [2.05, 4.69) is 29.5 Å². The molecule has 1 fully saturated rings. The molecule has 1 amide bonds. The summed E-state index contributed by atoms with van der Waals surface area (Å²) in [6, 6.07) is 0.502. The zero-order valence-corrected chi connectivity index (χ0v) is 13.8. The fourth-order valence-corrected chi connectivity index (χ4v) is 3.12. The number of hydrogen-bond donors (Lipinski definition) is 3. The summed E-state index contributed by atoms with van der Waals surface area (Å²) in [5.41, 5.74) is 5.85. The molecular weight excluding hydrogens is 284 g/mol. The molecule has 0 radical (unpaired) electrons. The molecule has 0 unspecified atom stereocenters. The minimum Gasteiger partial charge on any atom is -0.382 e. The Bertz CT molecular complexity index is 468. The number of thiazole rings is 1. The molecule has 2 rings (SSSR count). The SMILES string of the molecule is CC(C)CCCCNC(=O)c1sc(NC2CCC2)nc1N. The predicted molar refractivity (Wildman–Crippen MR) is 88.8 cm³/mol. The Morgan fingerprint density at radius 3 is 2.81 bits per heavy atom. The van der Waals surface area contributed by atoms with E-state index in [1.807, 2.05) is 0 Å². The van der Waals surface area contributed by atoms with Gasteiger partial charge in [-0.1, -0.05) is 38.0 Å². The highest BCUT2D eigenvalue weighted by atomic mass is 32.1. The first-order valence-electron chi connectivity index (χ1n) is 7.87. The van der Waals surface area contributed by atoms with Gasteiger partial charge in [-0.05, 0) is 31.6 Å². The quantitative estimate of drug-likeness (QED) is 0.644. The number of nitrogen functional groups attached to an aromatic ring is 1. The molecule has 118 valence electrons. The number of rotatable bonds is 8. The molecule has 0 atom stereocenters. The van der Waals surface area contributed by atoms with Crippen LogP contribution in [0.1, 0.15) is 62.0 Å². The topological polar surface area (TPSA) is 80.0 Å². The van der Waals surface area contributed by atoms with Crippen LogP contribution in [0.2, 0.25) is 0 Å². The third-order valence-corrected chi connectivity index (χ3v) is 4.79. The van der Waals surface area contributed by atoms with E-state index in [4.69, 9.17) is 5.73 Å². The fraction of sp³-hybridized carbons (Fsp3) is 0.733. The molecule has 1 heterocycles. The molecule has 1 aliphatic rings. The van der Waals surface area contributed by atoms with Gasteiger partial charge in [-0.3, -0.25) is 4.79 Å². The van der Waals surface area contributed by atoms with Crippen LogP contribution in [0.5, 0.6) is 0 Å². The van der Waals surface area contributed by atoms with E-state index < -0.39 is 0 Å². The first kappa shape index (κ1) is 16.1. The predicted octanol–water partition coefficient (Wildman–Crippen LogP) is 3.25. The molecule has 1 aromatic rings. The second-order valence-corrected chi connectivity index (χ2v) is 7.15. The summed E-state index contributed by atoms with van der Waals surface area (Å²) in [6.45, 7) is 5.13. The van der Waals surface area contributed by atoms with Gasteiger partial charge < -0.3 is 16.4 Å². The average Bonchev–Trinajstić information content (AvgIpc) is 2.74. The number of nitrogens with zero attached hydrogens (tertiary/aromatic N) is 1. The van der Waals surface area contributed by atoms with Gasteiger partial charge in [-0.2, -0.15) is 0 Å². The van der Waals surface area contributed by atoms with E-state index in [1.165, 1.54) is 37.0 Å². The van der Waals surface area contributed by atoms with E-state index in [0.29, 0.717) is 23.3 Å². The highest BCUT2D eigenvalue weighted by Gasteiger charge is 2.21. The molecular formula is C15H26N4OS. The molecule has 5 nitrogen and oxygen atoms in total. The lowest BCUT2D eigenvalue weighted by molar-refractivity contribution is 0.0957. The number of nitrogens with two attached hydrogens (primary N) is 1. The number of amides is 1. The monoisotopic (exact) mass is 310 g/mol. The Morgan fingerprint density at radius 1 is 1.43 bits per heavy atom. The number of hydrogen-bond acceptors (Lipinski definition) is 5. The first-order chi connectivity index (χ1) is 10.1. The molecule has 6 heteroatoms. The van der Waals surface area contributed by atoms with Crippen molar-refractivity contribution in [3.8, 4) is 0 Å². The number of anilines is 2. The van der Waals surface area contributed by atoms with Crippen LogP contribution >= 0.6 is 11.3 Å². The van der Waals surface area contributed by atoms with E-state index >= 15 is 0 Å². The Morgan fingerprint density at radius 2 is 2.19 bits per heavy atom. The Balaban J connectivity index is 1.76. The molecule has 0 saturated heterocycles. The van der Waals surface area contributed by atoms with Crippen molar-refractivity contribution in [2.45, 2.75) is 58.4 Å². The average molecular weight is 310 g/mol. The third kappa shape index (κ3) is 4.88. The number of aromatic nitrogens is 1. The summed E-state index contributed by atoms with van der Waals surface area (Å²) in [7, 11) is 0. The second-order valence-electron chi connectivity index (χ2n) is 6.15. The van der Waals surface area contributed by atoms with Gasteiger partial charge in [0.25, 0.3) is 5.91 Å². The highest BCUT2D eigenvalue weighted by Crippen LogP contribution is 2.29. The van der Waals surface area contributed by atoms with E-state index in [-0.39, 0.29) is 5.91 Å². The van der Waals surface area contributed by atoms with Gasteiger partial charge in [-0.15, -0.1) is 0 Å². The maximum atomic E-state index is 12.1. The van der Waals surface area contributed by atoms with Crippen molar-refractivity contribution in [1.29, 1.82) is 0 Å². The van der Waals surface area contributed by atoms with E-state index in [1.54, 1.807) is 0 Å². The van der Waals surface area contributed by atoms with Gasteiger partial charge in [0, 0.05) is 12.6 Å². The first-order valence-corrected chi connectivity index (χ1v) is 8.69. The molecule has 0 bridgehead atoms. The van der Waals surface area contributed by atoms with E-state index in [9.17, 15) is 4.79 Å². The molecule has 0 aliphatic heterocycles. The summed E-state index contributed by atoms with van der Waals surface area (Å²) in [6.07, 6.45) is 6.98. The largest absolute Gasteiger partial charge is 0.382 e. The third-order valence-electron chi connectivity index (χ3n) is 3.79. The van der Waals surface area contributed by atoms with Gasteiger partial charge in [-0.25, -0.2) is 4.98 Å². The molecule has 0 aromatic carbocycles. The van der Waals surface area contributed by atoms with Gasteiger partial charge >= 0.3 is 0 Å². The van der Waals surface area contributed by atoms with Gasteiger partial charge in [0.15, 0.2) is 5.13 Å². The maximum absolute atomic E-state index is 12.1. The Labute approximate surface area is 130 Å². The highest BCUT2D eigenvalue weighted by molar-refractivity contribution is 7.18. The Hall–Kier alpha value is -1.30. The van der Waals surface area contributed by atoms with Crippen LogP contribution in [0.15, 0.2) is 0 Å². The fourth-order valence-electron chi connectivity index (χ4n) is 2.24. The maximum Gasteiger partial charge on any atom is 0.265 e. The summed E-state index contributed by atoms with van der Waals surface area (Å²) in [5.74, 6) is 0.954. The standard InChI is InChI=1S/C15H26N4OS/c1-10(2)6-3-4-9-17-14(20)12-13(16)19-15(21-12)18-11-7-5-8-11/h10-11H,3-9,16H2,1-2H3,(H,17,20)(H,18,19). The van der Waals surface area contributed by atoms with Crippen LogP contribution in [0, 0.1) is 5.92 Å². The number of carbonyl (C=O) groups is 1. The van der Waals surface area contributed by atoms with Crippen molar-refractivity contribution in [1.82, 2.24) is 10.3 Å². The minimum absolute atomic E-state index is 0.101. The van der Waals surface area contributed by atoms with Crippen LogP contribution in [0.25, 0.3) is 0 Å². The van der Waals surface area contributed by atoms with Crippen molar-refractivity contribution in [3.05, 3.63) is 4.88 Å². The van der Waals surface area contributed by atoms with Crippen LogP contribution in [-0.2, 0) is 0 Å². The van der Waals surface area contributed by atoms with Crippen LogP contribution in [0.4, 0.5) is 10.9 Å². The van der Waals surface area contributed by atoms with Gasteiger partial charge in [0.2, 0.25) is 0 Å². The minimum atomic E-state index is -0.101. The van der Waals surface area contributed by atoms with Gasteiger partial charge in [0.05, 0.1) is 0 Å². The molecule has 1 aromatic heterocycles. The summed E-state index contributed by atoms with van der Waals surface area (Å²) in [4.78, 5) is 16.9. The van der Waals surface area contributed by atoms with E-state index in [0.717, 1.165) is 23.9 Å². The smallest absolute Gasteiger partial charge is 0.265 e. The normalized spacial score (nSPS) is 15.0. The van der Waals surface area contributed by atoms with Crippen LogP contribution in [0.3, 0.4) is 0 Å². The Kier molecular flexibility index (Phi) is 5.85. The van der Waals surface area contributed by atoms with Crippen molar-refractivity contribution in [2.75, 3.05) is 17.6 Å². The lowest BCUT2D eigenvalue weighted by Gasteiger charge is -2.25. The zero-order valence-electron chi connectivity index (χ0n) is 12.9. The lowest BCUT2D eigenvalue weighted by Crippen LogP contribution is -2.26. The molecule has 1 saturated carbocycles. The molecule has 1 aliphatic carbocycles. The summed E-state index contributed by atoms with van der Waals surface area (Å²) in [5, 5.41) is 7.03. The number of carbonyl (C=O) groups excluding carboxylic acids is 1. The number of nitrogens with one attached hydrogen (secondary N) is 2.